The maximum absolute atomic E-state index is 12.8. The molecule has 1 fully saturated rings. The lowest BCUT2D eigenvalue weighted by Gasteiger charge is -2.31. The molecule has 0 saturated heterocycles. The molecule has 8 heteroatoms. The normalized spacial score (nSPS) is 17.7. The second kappa shape index (κ2) is 8.12. The summed E-state index contributed by atoms with van der Waals surface area (Å²) >= 11 is 0. The Morgan fingerprint density at radius 3 is 2.96 bits per heavy atom. The van der Waals surface area contributed by atoms with E-state index < -0.39 is 0 Å². The molecule has 146 valence electrons. The Kier molecular flexibility index (Phi) is 5.42. The summed E-state index contributed by atoms with van der Waals surface area (Å²) < 4.78 is 12.3. The van der Waals surface area contributed by atoms with Crippen molar-refractivity contribution >= 4 is 6.03 Å². The predicted molar refractivity (Wildman–Crippen MR) is 99.1 cm³/mol. The summed E-state index contributed by atoms with van der Waals surface area (Å²) in [6.07, 6.45) is 9.66. The van der Waals surface area contributed by atoms with Gasteiger partial charge in [0.05, 0.1) is 19.7 Å². The molecular formula is C19H27N5O3. The minimum atomic E-state index is 0.0308. The number of oxazole rings is 1. The van der Waals surface area contributed by atoms with Crippen molar-refractivity contribution in [2.24, 2.45) is 0 Å². The standard InChI is InChI=1S/C19H27N5O3/c1-26-10-9-24-17-7-8-23(19(25)21-14-5-3-2-4-6-14)11-15(17)18(22-24)16-12-27-13-20-16/h12-14H,2-11H2,1H3,(H,21,25). The summed E-state index contributed by atoms with van der Waals surface area (Å²) in [5.41, 5.74) is 3.72. The highest BCUT2D eigenvalue weighted by Gasteiger charge is 2.29. The molecule has 2 aromatic heterocycles. The fourth-order valence-corrected chi connectivity index (χ4v) is 4.07. The Balaban J connectivity index is 1.53. The van der Waals surface area contributed by atoms with Gasteiger partial charge in [0, 0.05) is 37.4 Å². The minimum absolute atomic E-state index is 0.0308. The highest BCUT2D eigenvalue weighted by molar-refractivity contribution is 5.75. The molecule has 3 heterocycles. The van der Waals surface area contributed by atoms with E-state index in [1.807, 2.05) is 9.58 Å². The SMILES string of the molecule is COCCn1nc(-c2cocn2)c2c1CCN(C(=O)NC1CCCCC1)C2. The fraction of sp³-hybridized carbons (Fsp3) is 0.632. The second-order valence-electron chi connectivity index (χ2n) is 7.32. The quantitative estimate of drug-likeness (QED) is 0.871. The molecule has 2 aromatic rings. The van der Waals surface area contributed by atoms with Crippen molar-refractivity contribution in [2.75, 3.05) is 20.3 Å². The molecule has 0 aromatic carbocycles. The van der Waals surface area contributed by atoms with E-state index in [-0.39, 0.29) is 6.03 Å². The summed E-state index contributed by atoms with van der Waals surface area (Å²) in [6, 6.07) is 0.343. The van der Waals surface area contributed by atoms with Gasteiger partial charge in [-0.05, 0) is 12.8 Å². The zero-order valence-corrected chi connectivity index (χ0v) is 15.8. The van der Waals surface area contributed by atoms with E-state index in [0.717, 1.165) is 36.2 Å². The number of amides is 2. The average molecular weight is 373 g/mol. The molecule has 1 aliphatic carbocycles. The highest BCUT2D eigenvalue weighted by atomic mass is 16.5. The number of fused-ring (bicyclic) bond motifs is 1. The van der Waals surface area contributed by atoms with Crippen LogP contribution in [0.2, 0.25) is 0 Å². The lowest BCUT2D eigenvalue weighted by Crippen LogP contribution is -2.47. The zero-order valence-electron chi connectivity index (χ0n) is 15.8. The maximum Gasteiger partial charge on any atom is 0.317 e. The van der Waals surface area contributed by atoms with Gasteiger partial charge in [-0.15, -0.1) is 0 Å². The molecule has 0 spiro atoms. The molecule has 1 aliphatic heterocycles. The third kappa shape index (κ3) is 3.85. The van der Waals surface area contributed by atoms with Crippen LogP contribution >= 0.6 is 0 Å². The molecule has 1 N–H and O–H groups in total. The largest absolute Gasteiger partial charge is 0.451 e. The number of hydrogen-bond donors (Lipinski definition) is 1. The van der Waals surface area contributed by atoms with Gasteiger partial charge in [0.15, 0.2) is 6.39 Å². The molecule has 27 heavy (non-hydrogen) atoms. The van der Waals surface area contributed by atoms with Crippen molar-refractivity contribution < 1.29 is 13.9 Å². The first-order chi connectivity index (χ1) is 13.3. The molecule has 0 bridgehead atoms. The maximum atomic E-state index is 12.8. The van der Waals surface area contributed by atoms with Gasteiger partial charge in [0.25, 0.3) is 0 Å². The molecule has 1 saturated carbocycles. The number of ether oxygens (including phenoxy) is 1. The fourth-order valence-electron chi connectivity index (χ4n) is 4.07. The van der Waals surface area contributed by atoms with Gasteiger partial charge in [0.2, 0.25) is 0 Å². The second-order valence-corrected chi connectivity index (χ2v) is 7.32. The van der Waals surface area contributed by atoms with Crippen molar-refractivity contribution in [2.45, 2.75) is 57.7 Å². The van der Waals surface area contributed by atoms with Gasteiger partial charge in [-0.2, -0.15) is 5.10 Å². The molecule has 0 radical (unpaired) electrons. The molecule has 2 aliphatic rings. The van der Waals surface area contributed by atoms with E-state index in [4.69, 9.17) is 14.3 Å². The van der Waals surface area contributed by atoms with Crippen molar-refractivity contribution in [1.29, 1.82) is 0 Å². The number of nitrogens with zero attached hydrogens (tertiary/aromatic N) is 4. The van der Waals surface area contributed by atoms with Crippen molar-refractivity contribution in [3.05, 3.63) is 23.9 Å². The van der Waals surface area contributed by atoms with Crippen LogP contribution in [0.15, 0.2) is 17.1 Å². The summed E-state index contributed by atoms with van der Waals surface area (Å²) in [6.45, 7) is 2.52. The highest BCUT2D eigenvalue weighted by Crippen LogP contribution is 2.29. The van der Waals surface area contributed by atoms with Crippen LogP contribution in [0.3, 0.4) is 0 Å². The third-order valence-electron chi connectivity index (χ3n) is 5.54. The van der Waals surface area contributed by atoms with Gasteiger partial charge >= 0.3 is 6.03 Å². The van der Waals surface area contributed by atoms with Crippen molar-refractivity contribution in [1.82, 2.24) is 25.0 Å². The molecule has 0 atom stereocenters. The van der Waals surface area contributed by atoms with E-state index in [1.165, 1.54) is 25.7 Å². The average Bonchev–Trinajstić information content (AvgIpc) is 3.34. The van der Waals surface area contributed by atoms with E-state index in [9.17, 15) is 4.79 Å². The lowest BCUT2D eigenvalue weighted by atomic mass is 9.95. The topological polar surface area (TPSA) is 85.4 Å². The Hall–Kier alpha value is -2.35. The van der Waals surface area contributed by atoms with Crippen LogP contribution in [0.1, 0.15) is 43.4 Å². The first kappa shape index (κ1) is 18.0. The first-order valence-electron chi connectivity index (χ1n) is 9.77. The van der Waals surface area contributed by atoms with Gasteiger partial charge in [-0.3, -0.25) is 4.68 Å². The Morgan fingerprint density at radius 1 is 1.37 bits per heavy atom. The number of aromatic nitrogens is 3. The van der Waals surface area contributed by atoms with Crippen LogP contribution in [0, 0.1) is 0 Å². The van der Waals surface area contributed by atoms with E-state index in [0.29, 0.717) is 38.0 Å². The molecule has 4 rings (SSSR count). The van der Waals surface area contributed by atoms with Crippen LogP contribution < -0.4 is 5.32 Å². The van der Waals surface area contributed by atoms with E-state index in [2.05, 4.69) is 10.3 Å². The van der Waals surface area contributed by atoms with Gasteiger partial charge < -0.3 is 19.4 Å². The van der Waals surface area contributed by atoms with Crippen LogP contribution in [-0.2, 0) is 24.2 Å². The van der Waals surface area contributed by atoms with E-state index in [1.54, 1.807) is 13.4 Å². The number of nitrogens with one attached hydrogen (secondary N) is 1. The monoisotopic (exact) mass is 373 g/mol. The van der Waals surface area contributed by atoms with Gasteiger partial charge in [-0.1, -0.05) is 19.3 Å². The van der Waals surface area contributed by atoms with Crippen molar-refractivity contribution in [3.8, 4) is 11.4 Å². The Morgan fingerprint density at radius 2 is 2.22 bits per heavy atom. The van der Waals surface area contributed by atoms with Crippen LogP contribution in [-0.4, -0.2) is 52.0 Å². The van der Waals surface area contributed by atoms with Crippen LogP contribution in [0.25, 0.3) is 11.4 Å². The van der Waals surface area contributed by atoms with Crippen LogP contribution in [0.5, 0.6) is 0 Å². The summed E-state index contributed by atoms with van der Waals surface area (Å²) in [4.78, 5) is 18.9. The lowest BCUT2D eigenvalue weighted by molar-refractivity contribution is 0.177. The van der Waals surface area contributed by atoms with Gasteiger partial charge in [-0.25, -0.2) is 9.78 Å². The third-order valence-corrected chi connectivity index (χ3v) is 5.54. The number of hydrogen-bond acceptors (Lipinski definition) is 5. The van der Waals surface area contributed by atoms with Gasteiger partial charge in [0.1, 0.15) is 17.7 Å². The van der Waals surface area contributed by atoms with Crippen LogP contribution in [0.4, 0.5) is 4.79 Å². The number of carbonyl (C=O) groups excluding carboxylic acids is 1. The molecular weight excluding hydrogens is 346 g/mol. The molecule has 8 nitrogen and oxygen atoms in total. The first-order valence-corrected chi connectivity index (χ1v) is 9.77. The predicted octanol–water partition coefficient (Wildman–Crippen LogP) is 2.58. The molecule has 2 amide bonds. The number of methoxy groups -OCH3 is 1. The zero-order chi connectivity index (χ0) is 18.6. The van der Waals surface area contributed by atoms with Crippen molar-refractivity contribution in [3.63, 3.8) is 0 Å². The summed E-state index contributed by atoms with van der Waals surface area (Å²) in [5.74, 6) is 0. The Bertz CT molecular complexity index is 765. The number of urea groups is 1. The summed E-state index contributed by atoms with van der Waals surface area (Å²) in [7, 11) is 1.69. The number of carbonyl (C=O) groups is 1. The molecule has 0 unspecified atom stereocenters. The Labute approximate surface area is 158 Å². The number of rotatable bonds is 5. The smallest absolute Gasteiger partial charge is 0.317 e. The minimum Gasteiger partial charge on any atom is -0.451 e. The summed E-state index contributed by atoms with van der Waals surface area (Å²) in [5, 5.41) is 7.96. The van der Waals surface area contributed by atoms with E-state index >= 15 is 0 Å².